The van der Waals surface area contributed by atoms with E-state index in [1.54, 1.807) is 7.05 Å². The maximum absolute atomic E-state index is 12.2. The van der Waals surface area contributed by atoms with Gasteiger partial charge in [-0.15, -0.1) is 0 Å². The van der Waals surface area contributed by atoms with Crippen LogP contribution in [-0.4, -0.2) is 80.0 Å². The van der Waals surface area contributed by atoms with Crippen molar-refractivity contribution in [1.82, 2.24) is 13.5 Å². The van der Waals surface area contributed by atoms with Gasteiger partial charge in [-0.2, -0.15) is 17.0 Å². The summed E-state index contributed by atoms with van der Waals surface area (Å²) in [5.41, 5.74) is 0. The van der Waals surface area contributed by atoms with E-state index in [1.165, 1.54) is 8.61 Å². The Bertz CT molecular complexity index is 334. The van der Waals surface area contributed by atoms with E-state index < -0.39 is 10.2 Å². The minimum Gasteiger partial charge on any atom is -0.396 e. The Morgan fingerprint density at radius 1 is 1.41 bits per heavy atom. The summed E-state index contributed by atoms with van der Waals surface area (Å²) in [5, 5.41) is 8.73. The molecule has 0 spiro atoms. The van der Waals surface area contributed by atoms with Crippen LogP contribution in [-0.2, 0) is 10.2 Å². The quantitative estimate of drug-likeness (QED) is 0.705. The van der Waals surface area contributed by atoms with Crippen LogP contribution in [0.15, 0.2) is 0 Å². The van der Waals surface area contributed by atoms with Crippen LogP contribution in [0.2, 0.25) is 0 Å². The zero-order valence-corrected chi connectivity index (χ0v) is 11.7. The Hall–Kier alpha value is -0.210. The average molecular weight is 265 g/mol. The second-order valence-corrected chi connectivity index (χ2v) is 6.63. The molecule has 0 radical (unpaired) electrons. The topological polar surface area (TPSA) is 64.1 Å². The molecule has 0 bridgehead atoms. The van der Waals surface area contributed by atoms with E-state index in [0.717, 1.165) is 6.54 Å². The molecule has 6 nitrogen and oxygen atoms in total. The zero-order chi connectivity index (χ0) is 13.1. The van der Waals surface area contributed by atoms with Crippen LogP contribution < -0.4 is 0 Å². The van der Waals surface area contributed by atoms with E-state index in [0.29, 0.717) is 26.1 Å². The SMILES string of the molecule is CC1CN(S(=O)(=O)N(C)CCCO)CCN1C. The number of piperazine rings is 1. The minimum absolute atomic E-state index is 0.0129. The standard InChI is InChI=1S/C10H23N3O3S/c1-10-9-13(7-6-11(10)2)17(15,16)12(3)5-4-8-14/h10,14H,4-9H2,1-3H3. The fraction of sp³-hybridized carbons (Fsp3) is 1.00. The molecule has 0 aromatic rings. The van der Waals surface area contributed by atoms with E-state index in [9.17, 15) is 8.42 Å². The second-order valence-electron chi connectivity index (χ2n) is 4.59. The van der Waals surface area contributed by atoms with Crippen molar-refractivity contribution < 1.29 is 13.5 Å². The molecule has 1 rings (SSSR count). The largest absolute Gasteiger partial charge is 0.396 e. The molecule has 0 saturated carbocycles. The van der Waals surface area contributed by atoms with Crippen molar-refractivity contribution in [1.29, 1.82) is 0 Å². The maximum Gasteiger partial charge on any atom is 0.281 e. The molecule has 0 aliphatic carbocycles. The summed E-state index contributed by atoms with van der Waals surface area (Å²) in [6, 6.07) is 0.241. The highest BCUT2D eigenvalue weighted by atomic mass is 32.2. The van der Waals surface area contributed by atoms with E-state index >= 15 is 0 Å². The molecule has 17 heavy (non-hydrogen) atoms. The molecule has 1 aliphatic heterocycles. The molecular formula is C10H23N3O3S. The second kappa shape index (κ2) is 6.10. The van der Waals surface area contributed by atoms with Gasteiger partial charge >= 0.3 is 0 Å². The molecule has 102 valence electrons. The summed E-state index contributed by atoms with van der Waals surface area (Å²) >= 11 is 0. The fourth-order valence-corrected chi connectivity index (χ4v) is 3.30. The summed E-state index contributed by atoms with van der Waals surface area (Å²) in [4.78, 5) is 2.15. The molecule has 1 heterocycles. The van der Waals surface area contributed by atoms with Crippen molar-refractivity contribution in [2.75, 3.05) is 46.9 Å². The van der Waals surface area contributed by atoms with Gasteiger partial charge in [0.05, 0.1) is 0 Å². The van der Waals surface area contributed by atoms with Gasteiger partial charge in [0, 0.05) is 45.9 Å². The van der Waals surface area contributed by atoms with Gasteiger partial charge < -0.3 is 10.0 Å². The van der Waals surface area contributed by atoms with Gasteiger partial charge in [0.2, 0.25) is 0 Å². The smallest absolute Gasteiger partial charge is 0.281 e. The number of nitrogens with zero attached hydrogens (tertiary/aromatic N) is 3. The lowest BCUT2D eigenvalue weighted by molar-refractivity contribution is 0.154. The van der Waals surface area contributed by atoms with Gasteiger partial charge in [-0.25, -0.2) is 0 Å². The van der Waals surface area contributed by atoms with E-state index in [4.69, 9.17) is 5.11 Å². The first-order chi connectivity index (χ1) is 7.89. The van der Waals surface area contributed by atoms with Crippen LogP contribution in [0.1, 0.15) is 13.3 Å². The summed E-state index contributed by atoms with van der Waals surface area (Å²) in [6.07, 6.45) is 0.471. The van der Waals surface area contributed by atoms with Crippen LogP contribution in [0.3, 0.4) is 0 Å². The molecule has 1 aliphatic rings. The predicted octanol–water partition coefficient (Wildman–Crippen LogP) is -0.819. The van der Waals surface area contributed by atoms with Crippen LogP contribution in [0.5, 0.6) is 0 Å². The number of hydrogen-bond donors (Lipinski definition) is 1. The average Bonchev–Trinajstić information content (AvgIpc) is 2.29. The summed E-state index contributed by atoms with van der Waals surface area (Å²) < 4.78 is 27.2. The Balaban J connectivity index is 2.64. The van der Waals surface area contributed by atoms with Gasteiger partial charge in [0.1, 0.15) is 0 Å². The first kappa shape index (κ1) is 14.8. The van der Waals surface area contributed by atoms with Gasteiger partial charge in [-0.1, -0.05) is 0 Å². The first-order valence-corrected chi connectivity index (χ1v) is 7.31. The number of hydrogen-bond acceptors (Lipinski definition) is 4. The van der Waals surface area contributed by atoms with E-state index in [1.807, 2.05) is 14.0 Å². The minimum atomic E-state index is -3.36. The molecule has 1 N–H and O–H groups in total. The maximum atomic E-state index is 12.2. The van der Waals surface area contributed by atoms with Crippen LogP contribution in [0, 0.1) is 0 Å². The fourth-order valence-electron chi connectivity index (χ4n) is 1.83. The lowest BCUT2D eigenvalue weighted by atomic mass is 10.2. The van der Waals surface area contributed by atoms with Gasteiger partial charge in [0.15, 0.2) is 0 Å². The van der Waals surface area contributed by atoms with Gasteiger partial charge in [-0.05, 0) is 20.4 Å². The molecule has 1 fully saturated rings. The van der Waals surface area contributed by atoms with Crippen LogP contribution in [0.25, 0.3) is 0 Å². The monoisotopic (exact) mass is 265 g/mol. The molecule has 1 atom stereocenters. The number of aliphatic hydroxyl groups excluding tert-OH is 1. The lowest BCUT2D eigenvalue weighted by Crippen LogP contribution is -2.55. The van der Waals surface area contributed by atoms with Crippen molar-refractivity contribution in [3.05, 3.63) is 0 Å². The summed E-state index contributed by atoms with van der Waals surface area (Å²) in [7, 11) is 0.206. The molecule has 0 aromatic heterocycles. The predicted molar refractivity (Wildman–Crippen MR) is 66.9 cm³/mol. The highest BCUT2D eigenvalue weighted by Crippen LogP contribution is 2.14. The Morgan fingerprint density at radius 3 is 2.59 bits per heavy atom. The third-order valence-corrected chi connectivity index (χ3v) is 5.23. The van der Waals surface area contributed by atoms with Crippen molar-refractivity contribution in [2.24, 2.45) is 0 Å². The molecule has 0 aromatic carbocycles. The Morgan fingerprint density at radius 2 is 2.06 bits per heavy atom. The Kier molecular flexibility index (Phi) is 5.33. The van der Waals surface area contributed by atoms with Gasteiger partial charge in [-0.3, -0.25) is 0 Å². The molecular weight excluding hydrogens is 242 g/mol. The van der Waals surface area contributed by atoms with E-state index in [2.05, 4.69) is 4.90 Å². The lowest BCUT2D eigenvalue weighted by Gasteiger charge is -2.38. The highest BCUT2D eigenvalue weighted by Gasteiger charge is 2.31. The third kappa shape index (κ3) is 3.62. The van der Waals surface area contributed by atoms with E-state index in [-0.39, 0.29) is 12.6 Å². The van der Waals surface area contributed by atoms with Crippen molar-refractivity contribution in [3.63, 3.8) is 0 Å². The molecule has 7 heteroatoms. The van der Waals surface area contributed by atoms with Crippen molar-refractivity contribution in [2.45, 2.75) is 19.4 Å². The van der Waals surface area contributed by atoms with Crippen LogP contribution in [0.4, 0.5) is 0 Å². The Labute approximate surface area is 104 Å². The zero-order valence-electron chi connectivity index (χ0n) is 10.8. The van der Waals surface area contributed by atoms with Crippen molar-refractivity contribution >= 4 is 10.2 Å². The van der Waals surface area contributed by atoms with Crippen LogP contribution >= 0.6 is 0 Å². The van der Waals surface area contributed by atoms with Gasteiger partial charge in [0.25, 0.3) is 10.2 Å². The van der Waals surface area contributed by atoms with Crippen molar-refractivity contribution in [3.8, 4) is 0 Å². The normalized spacial score (nSPS) is 24.4. The summed E-state index contributed by atoms with van der Waals surface area (Å²) in [6.45, 7) is 4.22. The number of likely N-dealkylation sites (N-methyl/N-ethyl adjacent to an activating group) is 1. The molecule has 1 saturated heterocycles. The first-order valence-electron chi connectivity index (χ1n) is 5.92. The molecule has 0 amide bonds. The number of aliphatic hydroxyl groups is 1. The third-order valence-electron chi connectivity index (χ3n) is 3.27. The highest BCUT2D eigenvalue weighted by molar-refractivity contribution is 7.86. The molecule has 1 unspecified atom stereocenters. The summed E-state index contributed by atoms with van der Waals surface area (Å²) in [5.74, 6) is 0. The number of rotatable bonds is 5.